The van der Waals surface area contributed by atoms with Gasteiger partial charge in [0.2, 0.25) is 0 Å². The number of nitrogens with zero attached hydrogens (tertiary/aromatic N) is 5. The van der Waals surface area contributed by atoms with Crippen molar-refractivity contribution in [2.24, 2.45) is 133 Å². The van der Waals surface area contributed by atoms with E-state index in [-0.39, 0.29) is 5.79 Å². The lowest BCUT2D eigenvalue weighted by atomic mass is 9.50. The van der Waals surface area contributed by atoms with Gasteiger partial charge in [-0.2, -0.15) is 0 Å². The zero-order valence-electron chi connectivity index (χ0n) is 71.3. The quantitative estimate of drug-likeness (QED) is 0.223. The molecule has 0 aromatic heterocycles. The van der Waals surface area contributed by atoms with E-state index in [9.17, 15) is 4.21 Å². The van der Waals surface area contributed by atoms with Crippen LogP contribution in [-0.2, 0) is 19.0 Å². The van der Waals surface area contributed by atoms with Crippen LogP contribution in [-0.4, -0.2) is 166 Å². The second-order valence-corrected chi connectivity index (χ2v) is 46.2. The molecule has 9 heteroatoms. The van der Waals surface area contributed by atoms with Crippen LogP contribution in [0, 0.1) is 133 Å². The molecular formula is C92H173N5O3S. The van der Waals surface area contributed by atoms with E-state index in [1.165, 1.54) is 232 Å². The van der Waals surface area contributed by atoms with Gasteiger partial charge in [0, 0.05) is 63.6 Å². The molecule has 0 N–H and O–H groups in total. The molecule has 0 aromatic rings. The molecule has 0 bridgehead atoms. The Kier molecular flexibility index (Phi) is 30.1. The average Bonchev–Trinajstić information content (AvgIpc) is 1.33. The van der Waals surface area contributed by atoms with Crippen molar-refractivity contribution >= 4 is 15.4 Å². The zero-order chi connectivity index (χ0) is 73.6. The van der Waals surface area contributed by atoms with Crippen LogP contribution in [0.5, 0.6) is 0 Å². The molecule has 16 fully saturated rings. The minimum atomic E-state index is -1.63. The van der Waals surface area contributed by atoms with Crippen LogP contribution in [0.15, 0.2) is 0 Å². The Morgan fingerprint density at radius 1 is 0.287 bits per heavy atom. The molecule has 0 aromatic carbocycles. The maximum Gasteiger partial charge on any atom is 0.168 e. The lowest BCUT2D eigenvalue weighted by Crippen LogP contribution is -2.61. The second-order valence-electron chi connectivity index (χ2n) is 43.6. The summed E-state index contributed by atoms with van der Waals surface area (Å²) in [6.45, 7) is 53.0. The van der Waals surface area contributed by atoms with E-state index < -0.39 is 9.52 Å². The molecule has 8 nitrogen and oxygen atoms in total. The van der Waals surface area contributed by atoms with E-state index in [0.29, 0.717) is 5.41 Å². The Bertz CT molecular complexity index is 2430. The third kappa shape index (κ3) is 23.0. The number of hydrogen-bond acceptors (Lipinski definition) is 8. The van der Waals surface area contributed by atoms with Gasteiger partial charge >= 0.3 is 0 Å². The Labute approximate surface area is 629 Å². The monoisotopic (exact) mass is 1430 g/mol. The topological polar surface area (TPSA) is 51.7 Å². The van der Waals surface area contributed by atoms with Gasteiger partial charge in [0.25, 0.3) is 0 Å². The Balaban J connectivity index is 0.000000135. The van der Waals surface area contributed by atoms with E-state index in [0.717, 1.165) is 165 Å². The Morgan fingerprint density at radius 3 is 0.812 bits per heavy atom. The molecule has 8 spiro atoms. The predicted octanol–water partition coefficient (Wildman–Crippen LogP) is 21.8. The zero-order valence-corrected chi connectivity index (χ0v) is 72.2. The summed E-state index contributed by atoms with van der Waals surface area (Å²) in [4.78, 5) is 12.4. The fourth-order valence-corrected chi connectivity index (χ4v) is 27.1. The first kappa shape index (κ1) is 84.8. The van der Waals surface area contributed by atoms with Crippen molar-refractivity contribution < 1.29 is 13.7 Å². The summed E-state index contributed by atoms with van der Waals surface area (Å²) in [6.07, 6.45) is 46.3. The largest absolute Gasteiger partial charge is 0.348 e. The normalized spacial score (nSPS) is 35.4. The molecule has 0 radical (unpaired) electrons. The highest BCUT2D eigenvalue weighted by molar-refractivity contribution is 8.01. The molecule has 101 heavy (non-hydrogen) atoms. The van der Waals surface area contributed by atoms with Crippen molar-refractivity contribution in [2.75, 3.05) is 125 Å². The van der Waals surface area contributed by atoms with Crippen molar-refractivity contribution in [1.82, 2.24) is 24.5 Å². The molecule has 7 heterocycles. The van der Waals surface area contributed by atoms with Gasteiger partial charge in [0.05, 0.1) is 13.2 Å². The summed E-state index contributed by atoms with van der Waals surface area (Å²) in [5, 5.41) is 0. The van der Waals surface area contributed by atoms with Gasteiger partial charge in [0.15, 0.2) is 5.79 Å². The van der Waals surface area contributed by atoms with Crippen LogP contribution in [0.4, 0.5) is 0 Å². The van der Waals surface area contributed by atoms with Gasteiger partial charge in [-0.1, -0.05) is 117 Å². The molecule has 1 atom stereocenters. The van der Waals surface area contributed by atoms with Gasteiger partial charge in [0.1, 0.15) is 0 Å². The van der Waals surface area contributed by atoms with Crippen molar-refractivity contribution in [3.05, 3.63) is 0 Å². The van der Waals surface area contributed by atoms with Crippen molar-refractivity contribution in [2.45, 2.75) is 322 Å². The van der Waals surface area contributed by atoms with Crippen LogP contribution in [0.2, 0.25) is 0 Å². The van der Waals surface area contributed by atoms with E-state index in [4.69, 9.17) is 9.47 Å². The summed E-state index contributed by atoms with van der Waals surface area (Å²) in [7, 11) is 9.62. The summed E-state index contributed by atoms with van der Waals surface area (Å²) < 4.78 is 23.0. The molecule has 9 saturated carbocycles. The average molecular weight is 1430 g/mol. The number of ether oxygens (including phenoxy) is 2. The highest BCUT2D eigenvalue weighted by atomic mass is 32.2. The van der Waals surface area contributed by atoms with Gasteiger partial charge < -0.3 is 34.0 Å². The summed E-state index contributed by atoms with van der Waals surface area (Å²) >= 11 is 0. The van der Waals surface area contributed by atoms with Crippen molar-refractivity contribution in [3.63, 3.8) is 0 Å². The van der Waals surface area contributed by atoms with E-state index in [2.05, 4.69) is 176 Å². The number of rotatable bonds is 8. The second kappa shape index (κ2) is 35.8. The Hall–Kier alpha value is -0.260. The van der Waals surface area contributed by atoms with Crippen LogP contribution in [0.3, 0.4) is 0 Å². The molecular weight excluding hydrogens is 1260 g/mol. The van der Waals surface area contributed by atoms with Gasteiger partial charge in [-0.15, -0.1) is 0 Å². The summed E-state index contributed by atoms with van der Waals surface area (Å²) in [5.74, 6) is 20.7. The first-order valence-corrected chi connectivity index (χ1v) is 46.5. The van der Waals surface area contributed by atoms with Crippen LogP contribution < -0.4 is 0 Å². The van der Waals surface area contributed by atoms with E-state index in [1.54, 1.807) is 25.7 Å². The first-order chi connectivity index (χ1) is 47.4. The molecule has 9 aliphatic carbocycles. The molecule has 16 aliphatic rings. The molecule has 16 rings (SSSR count). The Morgan fingerprint density at radius 2 is 0.535 bits per heavy atom. The lowest BCUT2D eigenvalue weighted by Gasteiger charge is -2.59. The molecule has 7 saturated heterocycles. The molecule has 590 valence electrons. The van der Waals surface area contributed by atoms with Crippen LogP contribution in [0.25, 0.3) is 0 Å². The highest BCUT2D eigenvalue weighted by Gasteiger charge is 2.53. The number of piperidine rings is 2. The summed E-state index contributed by atoms with van der Waals surface area (Å²) in [6, 6.07) is 0. The number of hydrogen-bond donors (Lipinski definition) is 0. The van der Waals surface area contributed by atoms with Gasteiger partial charge in [-0.25, -0.2) is 0 Å². The predicted molar refractivity (Wildman–Crippen MR) is 439 cm³/mol. The minimum Gasteiger partial charge on any atom is -0.348 e. The smallest absolute Gasteiger partial charge is 0.168 e. The van der Waals surface area contributed by atoms with Crippen LogP contribution >= 0.6 is 0 Å². The fraction of sp³-hybridized carbons (Fsp3) is 0.989. The van der Waals surface area contributed by atoms with Gasteiger partial charge in [-0.3, -0.25) is 4.21 Å². The van der Waals surface area contributed by atoms with Crippen LogP contribution in [0.1, 0.15) is 316 Å². The van der Waals surface area contributed by atoms with E-state index in [1.807, 2.05) is 0 Å². The van der Waals surface area contributed by atoms with Gasteiger partial charge in [-0.05, 0) is 396 Å². The summed E-state index contributed by atoms with van der Waals surface area (Å²) in [5.41, 5.74) is 5.24. The maximum atomic E-state index is 11.6. The minimum absolute atomic E-state index is 0.161. The third-order valence-corrected chi connectivity index (χ3v) is 34.9. The SMILES string of the molecule is C=S1(=O)CC2(CCC(C(C)C)CC2)C1.CC(C)C1CC2(C1)CN(C)C2.CC(C)C1CC2(CCC2)C1.CC(C)C1CC2(CCN(C)CC2)C1.CC(C)C1CCC2(CC1)CN(C)C2.CC(C)C1CCC2(CC1)CN(C)C2.CC(C)C1CCC2(CC1)OCCO2.CC(C)C1CCC2(CCN(C)CC2)C1. The maximum absolute atomic E-state index is 11.6. The van der Waals surface area contributed by atoms with E-state index >= 15 is 0 Å². The standard InChI is InChI=1S/C13H25N.3C12H23N.C12H22OS.C11H20O2.C10H19N.C10H18/c1-11(2)12-4-5-13(10-12)6-8-14(3)9-7-13;1-10(2)11-8-12(9-11)4-6-13(3)7-5-12;2*1-10(2)11-4-6-12(7-5-11)8-13(3)9-12;1-10(2)11-4-6-12(7-5-11)8-14(3,13)9-12;1-9(2)10-3-5-11(6-4-10)12-7-8-13-11;1-8(2)9-4-10(5-9)6-11(3)7-10;1-8(2)9-6-10(7-9)4-3-5-10/h11-12H,4-10H2,1-3H3;3*10-11H,4-9H2,1-3H3;10-11H,3-9H2,1-2H3;9-10H,3-8H2,1-2H3;8-9H,4-7H2,1-3H3;8-9H,3-7H2,1-2H3. The number of likely N-dealkylation sites (tertiary alicyclic amines) is 5. The fourth-order valence-electron chi connectivity index (χ4n) is 24.4. The van der Waals surface area contributed by atoms with Crippen molar-refractivity contribution in [3.8, 4) is 0 Å². The molecule has 0 amide bonds. The third-order valence-electron chi connectivity index (χ3n) is 32.6. The highest BCUT2D eigenvalue weighted by Crippen LogP contribution is 2.61. The lowest BCUT2D eigenvalue weighted by molar-refractivity contribution is -0.184. The van der Waals surface area contributed by atoms with Crippen molar-refractivity contribution in [1.29, 1.82) is 0 Å². The first-order valence-electron chi connectivity index (χ1n) is 44.5. The molecule has 1 unspecified atom stereocenters. The molecule has 7 aliphatic heterocycles.